The third kappa shape index (κ3) is 1.52. The highest BCUT2D eigenvalue weighted by molar-refractivity contribution is 7.79. The molecule has 0 aliphatic rings. The van der Waals surface area contributed by atoms with Gasteiger partial charge in [-0.15, -0.1) is 11.3 Å². The number of thiophene rings is 1. The fourth-order valence-electron chi connectivity index (χ4n) is 0.593. The molecule has 1 rings (SSSR count). The Morgan fingerprint density at radius 1 is 1.80 bits per heavy atom. The largest absolute Gasteiger partial charge is 0.366 e. The van der Waals surface area contributed by atoms with Crippen LogP contribution >= 0.6 is 24.0 Å². The number of primary amides is 1. The van der Waals surface area contributed by atoms with Gasteiger partial charge in [-0.1, -0.05) is 0 Å². The number of carbonyl (C=O) groups excluding carboxylic acids is 1. The molecule has 2 N–H and O–H groups in total. The molecule has 0 aliphatic heterocycles. The molecule has 0 spiro atoms. The van der Waals surface area contributed by atoms with Crippen LogP contribution in [0.1, 0.15) is 15.2 Å². The van der Waals surface area contributed by atoms with Gasteiger partial charge in [-0.25, -0.2) is 0 Å². The number of thiol groups is 1. The summed E-state index contributed by atoms with van der Waals surface area (Å²) in [6.45, 7) is 0. The third-order valence-corrected chi connectivity index (χ3v) is 2.59. The van der Waals surface area contributed by atoms with Crippen molar-refractivity contribution in [3.05, 3.63) is 21.9 Å². The minimum atomic E-state index is -0.371. The molecule has 0 saturated carbocycles. The van der Waals surface area contributed by atoms with Crippen molar-refractivity contribution in [3.8, 4) is 0 Å². The second kappa shape index (κ2) is 3.07. The van der Waals surface area contributed by atoms with Crippen LogP contribution in [-0.2, 0) is 5.75 Å². The Morgan fingerprint density at radius 2 is 2.50 bits per heavy atom. The Bertz CT molecular complexity index is 244. The maximum absolute atomic E-state index is 10.5. The predicted molar refractivity (Wildman–Crippen MR) is 45.5 cm³/mol. The van der Waals surface area contributed by atoms with E-state index < -0.39 is 0 Å². The lowest BCUT2D eigenvalue weighted by molar-refractivity contribution is 0.100. The lowest BCUT2D eigenvalue weighted by Crippen LogP contribution is -2.09. The Morgan fingerprint density at radius 3 is 2.80 bits per heavy atom. The summed E-state index contributed by atoms with van der Waals surface area (Å²) >= 11 is 5.55. The molecule has 1 heterocycles. The number of carbonyl (C=O) groups is 1. The van der Waals surface area contributed by atoms with Crippen LogP contribution in [-0.4, -0.2) is 5.91 Å². The van der Waals surface area contributed by atoms with Gasteiger partial charge in [0, 0.05) is 16.0 Å². The molecule has 0 aliphatic carbocycles. The van der Waals surface area contributed by atoms with Gasteiger partial charge in [-0.05, 0) is 6.07 Å². The van der Waals surface area contributed by atoms with Crippen molar-refractivity contribution in [3.63, 3.8) is 0 Å². The monoisotopic (exact) mass is 173 g/mol. The van der Waals surface area contributed by atoms with E-state index in [0.29, 0.717) is 11.3 Å². The van der Waals surface area contributed by atoms with Crippen LogP contribution in [0, 0.1) is 0 Å². The van der Waals surface area contributed by atoms with Gasteiger partial charge in [0.05, 0.1) is 5.56 Å². The zero-order chi connectivity index (χ0) is 7.56. The number of rotatable bonds is 2. The average Bonchev–Trinajstić information content (AvgIpc) is 2.34. The van der Waals surface area contributed by atoms with E-state index in [2.05, 4.69) is 12.6 Å². The smallest absolute Gasteiger partial charge is 0.249 e. The highest BCUT2D eigenvalue weighted by atomic mass is 32.1. The Labute approximate surface area is 68.5 Å². The molecule has 10 heavy (non-hydrogen) atoms. The van der Waals surface area contributed by atoms with Crippen molar-refractivity contribution in [1.82, 2.24) is 0 Å². The zero-order valence-electron chi connectivity index (χ0n) is 5.20. The fraction of sp³-hybridized carbons (Fsp3) is 0.167. The van der Waals surface area contributed by atoms with Crippen LogP contribution in [0.2, 0.25) is 0 Å². The van der Waals surface area contributed by atoms with E-state index >= 15 is 0 Å². The van der Waals surface area contributed by atoms with Crippen molar-refractivity contribution in [2.45, 2.75) is 5.75 Å². The van der Waals surface area contributed by atoms with Gasteiger partial charge in [0.2, 0.25) is 5.91 Å². The third-order valence-electron chi connectivity index (χ3n) is 1.09. The number of hydrogen-bond acceptors (Lipinski definition) is 3. The molecule has 0 bridgehead atoms. The minimum absolute atomic E-state index is 0.371. The van der Waals surface area contributed by atoms with Gasteiger partial charge in [0.1, 0.15) is 0 Å². The van der Waals surface area contributed by atoms with Crippen LogP contribution in [0.3, 0.4) is 0 Å². The molecule has 0 fully saturated rings. The van der Waals surface area contributed by atoms with Gasteiger partial charge < -0.3 is 5.73 Å². The van der Waals surface area contributed by atoms with Crippen LogP contribution < -0.4 is 5.73 Å². The molecule has 1 aromatic heterocycles. The quantitative estimate of drug-likeness (QED) is 0.650. The highest BCUT2D eigenvalue weighted by Crippen LogP contribution is 2.15. The SMILES string of the molecule is NC(=O)c1csc(CS)c1. The molecular weight excluding hydrogens is 166 g/mol. The average molecular weight is 173 g/mol. The molecule has 1 amide bonds. The predicted octanol–water partition coefficient (Wildman–Crippen LogP) is 1.28. The lowest BCUT2D eigenvalue weighted by atomic mass is 10.3. The first-order valence-electron chi connectivity index (χ1n) is 2.72. The molecule has 0 aromatic carbocycles. The van der Waals surface area contributed by atoms with Crippen molar-refractivity contribution in [2.75, 3.05) is 0 Å². The lowest BCUT2D eigenvalue weighted by Gasteiger charge is -1.83. The van der Waals surface area contributed by atoms with Crippen molar-refractivity contribution >= 4 is 29.9 Å². The van der Waals surface area contributed by atoms with Crippen LogP contribution in [0.4, 0.5) is 0 Å². The first-order valence-corrected chi connectivity index (χ1v) is 4.23. The van der Waals surface area contributed by atoms with Gasteiger partial charge in [-0.3, -0.25) is 4.79 Å². The first kappa shape index (κ1) is 7.63. The molecular formula is C6H7NOS2. The van der Waals surface area contributed by atoms with Gasteiger partial charge >= 0.3 is 0 Å². The van der Waals surface area contributed by atoms with Gasteiger partial charge in [-0.2, -0.15) is 12.6 Å². The maximum Gasteiger partial charge on any atom is 0.249 e. The fourth-order valence-corrected chi connectivity index (χ4v) is 1.64. The standard InChI is InChI=1S/C6H7NOS2/c7-6(8)4-1-5(2-9)10-3-4/h1,3,9H,2H2,(H2,7,8). The summed E-state index contributed by atoms with van der Waals surface area (Å²) in [5.74, 6) is 0.294. The van der Waals surface area contributed by atoms with Crippen molar-refractivity contribution in [1.29, 1.82) is 0 Å². The normalized spacial score (nSPS) is 9.70. The van der Waals surface area contributed by atoms with Crippen LogP contribution in [0.5, 0.6) is 0 Å². The molecule has 0 radical (unpaired) electrons. The summed E-state index contributed by atoms with van der Waals surface area (Å²) in [5.41, 5.74) is 5.60. The number of nitrogens with two attached hydrogens (primary N) is 1. The van der Waals surface area contributed by atoms with E-state index in [1.54, 1.807) is 11.4 Å². The van der Waals surface area contributed by atoms with E-state index in [1.165, 1.54) is 11.3 Å². The second-order valence-electron chi connectivity index (χ2n) is 1.82. The second-order valence-corrected chi connectivity index (χ2v) is 3.14. The van der Waals surface area contributed by atoms with Crippen molar-refractivity contribution < 1.29 is 4.79 Å². The minimum Gasteiger partial charge on any atom is -0.366 e. The van der Waals surface area contributed by atoms with E-state index in [1.807, 2.05) is 0 Å². The summed E-state index contributed by atoms with van der Waals surface area (Å²) in [6.07, 6.45) is 0. The zero-order valence-corrected chi connectivity index (χ0v) is 6.91. The Hall–Kier alpha value is -0.480. The Kier molecular flexibility index (Phi) is 2.34. The molecule has 4 heteroatoms. The maximum atomic E-state index is 10.5. The van der Waals surface area contributed by atoms with E-state index in [4.69, 9.17) is 5.73 Å². The summed E-state index contributed by atoms with van der Waals surface area (Å²) in [6, 6.07) is 1.76. The van der Waals surface area contributed by atoms with E-state index in [0.717, 1.165) is 4.88 Å². The summed E-state index contributed by atoms with van der Waals surface area (Å²) < 4.78 is 0. The summed E-state index contributed by atoms with van der Waals surface area (Å²) in [5, 5.41) is 1.74. The first-order chi connectivity index (χ1) is 4.74. The summed E-state index contributed by atoms with van der Waals surface area (Å²) in [4.78, 5) is 11.6. The van der Waals surface area contributed by atoms with Gasteiger partial charge in [0.25, 0.3) is 0 Å². The molecule has 0 saturated heterocycles. The molecule has 2 nitrogen and oxygen atoms in total. The van der Waals surface area contributed by atoms with Crippen molar-refractivity contribution in [2.24, 2.45) is 5.73 Å². The molecule has 1 aromatic rings. The van der Waals surface area contributed by atoms with E-state index in [9.17, 15) is 4.79 Å². The van der Waals surface area contributed by atoms with Crippen LogP contribution in [0.25, 0.3) is 0 Å². The van der Waals surface area contributed by atoms with Gasteiger partial charge in [0.15, 0.2) is 0 Å². The topological polar surface area (TPSA) is 43.1 Å². The molecule has 54 valence electrons. The van der Waals surface area contributed by atoms with E-state index in [-0.39, 0.29) is 5.91 Å². The highest BCUT2D eigenvalue weighted by Gasteiger charge is 2.01. The number of amides is 1. The van der Waals surface area contributed by atoms with Crippen LogP contribution in [0.15, 0.2) is 11.4 Å². The number of hydrogen-bond donors (Lipinski definition) is 2. The summed E-state index contributed by atoms with van der Waals surface area (Å²) in [7, 11) is 0. The molecule has 0 unspecified atom stereocenters. The molecule has 0 atom stereocenters. The Balaban J connectivity index is 2.88.